The van der Waals surface area contributed by atoms with E-state index in [1.807, 2.05) is 0 Å². The molecular formula is C18H31N. The van der Waals surface area contributed by atoms with Crippen LogP contribution in [0.1, 0.15) is 56.7 Å². The van der Waals surface area contributed by atoms with Crippen LogP contribution in [0, 0.1) is 19.8 Å². The lowest BCUT2D eigenvalue weighted by atomic mass is 9.88. The molecule has 1 aromatic carbocycles. The fraction of sp³-hybridized carbons (Fsp3) is 0.667. The van der Waals surface area contributed by atoms with E-state index in [2.05, 4.69) is 58.1 Å². The predicted octanol–water partition coefficient (Wildman–Crippen LogP) is 4.65. The second-order valence-corrected chi connectivity index (χ2v) is 5.90. The lowest BCUT2D eigenvalue weighted by molar-refractivity contribution is 0.352. The van der Waals surface area contributed by atoms with Gasteiger partial charge in [0.2, 0.25) is 0 Å². The summed E-state index contributed by atoms with van der Waals surface area (Å²) in [6.07, 6.45) is 4.96. The van der Waals surface area contributed by atoms with Crippen LogP contribution in [-0.4, -0.2) is 12.6 Å². The molecule has 0 aliphatic rings. The van der Waals surface area contributed by atoms with E-state index in [1.165, 1.54) is 36.8 Å². The van der Waals surface area contributed by atoms with E-state index in [0.29, 0.717) is 6.04 Å². The minimum atomic E-state index is 0.611. The second-order valence-electron chi connectivity index (χ2n) is 5.90. The zero-order valence-electron chi connectivity index (χ0n) is 13.4. The summed E-state index contributed by atoms with van der Waals surface area (Å²) in [7, 11) is 0. The fourth-order valence-electron chi connectivity index (χ4n) is 2.85. The van der Waals surface area contributed by atoms with E-state index in [-0.39, 0.29) is 0 Å². The van der Waals surface area contributed by atoms with Crippen LogP contribution < -0.4 is 5.32 Å². The van der Waals surface area contributed by atoms with Crippen molar-refractivity contribution in [3.63, 3.8) is 0 Å². The Morgan fingerprint density at radius 3 is 2.21 bits per heavy atom. The molecule has 0 heterocycles. The summed E-state index contributed by atoms with van der Waals surface area (Å²) in [5.41, 5.74) is 4.41. The molecule has 0 aromatic heterocycles. The van der Waals surface area contributed by atoms with Crippen molar-refractivity contribution >= 4 is 0 Å². The number of nitrogens with one attached hydrogen (secondary N) is 1. The molecule has 0 aliphatic heterocycles. The highest BCUT2D eigenvalue weighted by Gasteiger charge is 2.18. The Morgan fingerprint density at radius 1 is 1.05 bits per heavy atom. The van der Waals surface area contributed by atoms with Gasteiger partial charge < -0.3 is 5.32 Å². The monoisotopic (exact) mass is 261 g/mol. The van der Waals surface area contributed by atoms with Crippen molar-refractivity contribution in [2.24, 2.45) is 5.92 Å². The average Bonchev–Trinajstić information content (AvgIpc) is 2.37. The van der Waals surface area contributed by atoms with E-state index in [1.54, 1.807) is 5.56 Å². The summed E-state index contributed by atoms with van der Waals surface area (Å²) in [4.78, 5) is 0. The minimum Gasteiger partial charge on any atom is -0.313 e. The van der Waals surface area contributed by atoms with Crippen molar-refractivity contribution in [2.75, 3.05) is 6.54 Å². The molecule has 0 aliphatic carbocycles. The van der Waals surface area contributed by atoms with Gasteiger partial charge in [-0.2, -0.15) is 0 Å². The smallest absolute Gasteiger partial charge is 0.0133 e. The molecule has 1 rings (SSSR count). The Kier molecular flexibility index (Phi) is 7.15. The highest BCUT2D eigenvalue weighted by Crippen LogP contribution is 2.20. The summed E-state index contributed by atoms with van der Waals surface area (Å²) in [6, 6.07) is 7.26. The first-order valence-corrected chi connectivity index (χ1v) is 7.88. The average molecular weight is 261 g/mol. The van der Waals surface area contributed by atoms with Gasteiger partial charge in [0, 0.05) is 6.04 Å². The SMILES string of the molecule is CCCNC(Cc1c(C)cccc1C)C(C)CCC. The van der Waals surface area contributed by atoms with Crippen LogP contribution in [0.5, 0.6) is 0 Å². The Labute approximate surface area is 119 Å². The third kappa shape index (κ3) is 4.99. The van der Waals surface area contributed by atoms with Crippen LogP contribution in [0.4, 0.5) is 0 Å². The number of benzene rings is 1. The predicted molar refractivity (Wildman–Crippen MR) is 85.8 cm³/mol. The molecule has 1 nitrogen and oxygen atoms in total. The normalized spacial score (nSPS) is 14.4. The molecule has 1 aromatic rings. The Morgan fingerprint density at radius 2 is 1.68 bits per heavy atom. The summed E-state index contributed by atoms with van der Waals surface area (Å²) < 4.78 is 0. The summed E-state index contributed by atoms with van der Waals surface area (Å²) >= 11 is 0. The van der Waals surface area contributed by atoms with Crippen LogP contribution in [0.3, 0.4) is 0 Å². The van der Waals surface area contributed by atoms with E-state index < -0.39 is 0 Å². The number of aryl methyl sites for hydroxylation is 2. The maximum atomic E-state index is 3.76. The van der Waals surface area contributed by atoms with Crippen LogP contribution in [-0.2, 0) is 6.42 Å². The third-order valence-electron chi connectivity index (χ3n) is 4.16. The van der Waals surface area contributed by atoms with Gasteiger partial charge in [0.25, 0.3) is 0 Å². The molecule has 2 atom stereocenters. The van der Waals surface area contributed by atoms with Crippen molar-refractivity contribution < 1.29 is 0 Å². The standard InChI is InChI=1S/C18H31N/c1-6-9-16(5)18(19-12-7-2)13-17-14(3)10-8-11-15(17)4/h8,10-11,16,18-19H,6-7,9,12-13H2,1-5H3. The van der Waals surface area contributed by atoms with Gasteiger partial charge >= 0.3 is 0 Å². The van der Waals surface area contributed by atoms with Crippen LogP contribution in [0.25, 0.3) is 0 Å². The molecule has 108 valence electrons. The van der Waals surface area contributed by atoms with Crippen molar-refractivity contribution in [1.82, 2.24) is 5.32 Å². The molecule has 0 saturated heterocycles. The molecule has 0 saturated carbocycles. The summed E-state index contributed by atoms with van der Waals surface area (Å²) in [6.45, 7) is 12.5. The summed E-state index contributed by atoms with van der Waals surface area (Å²) in [5, 5.41) is 3.76. The van der Waals surface area contributed by atoms with Crippen molar-refractivity contribution in [3.05, 3.63) is 34.9 Å². The quantitative estimate of drug-likeness (QED) is 0.718. The molecule has 0 bridgehead atoms. The molecule has 0 amide bonds. The molecule has 0 spiro atoms. The van der Waals surface area contributed by atoms with Crippen LogP contribution >= 0.6 is 0 Å². The molecule has 1 N–H and O–H groups in total. The van der Waals surface area contributed by atoms with Crippen LogP contribution in [0.2, 0.25) is 0 Å². The first-order chi connectivity index (χ1) is 9.10. The molecular weight excluding hydrogens is 230 g/mol. The fourth-order valence-corrected chi connectivity index (χ4v) is 2.85. The molecule has 19 heavy (non-hydrogen) atoms. The van der Waals surface area contributed by atoms with Gasteiger partial charge in [0.1, 0.15) is 0 Å². The zero-order valence-corrected chi connectivity index (χ0v) is 13.4. The van der Waals surface area contributed by atoms with E-state index >= 15 is 0 Å². The molecule has 0 fully saturated rings. The van der Waals surface area contributed by atoms with Crippen LogP contribution in [0.15, 0.2) is 18.2 Å². The van der Waals surface area contributed by atoms with Gasteiger partial charge in [0.05, 0.1) is 0 Å². The highest BCUT2D eigenvalue weighted by molar-refractivity contribution is 5.34. The van der Waals surface area contributed by atoms with Gasteiger partial charge in [-0.25, -0.2) is 0 Å². The maximum Gasteiger partial charge on any atom is 0.0133 e. The topological polar surface area (TPSA) is 12.0 Å². The first kappa shape index (κ1) is 16.2. The summed E-state index contributed by atoms with van der Waals surface area (Å²) in [5.74, 6) is 0.746. The molecule has 2 unspecified atom stereocenters. The third-order valence-corrected chi connectivity index (χ3v) is 4.16. The minimum absolute atomic E-state index is 0.611. The van der Waals surface area contributed by atoms with Gasteiger partial charge in [0.15, 0.2) is 0 Å². The lowest BCUT2D eigenvalue weighted by Crippen LogP contribution is -2.37. The molecule has 1 heteroatoms. The second kappa shape index (κ2) is 8.37. The van der Waals surface area contributed by atoms with E-state index in [4.69, 9.17) is 0 Å². The number of hydrogen-bond acceptors (Lipinski definition) is 1. The number of rotatable bonds is 8. The first-order valence-electron chi connectivity index (χ1n) is 7.88. The highest BCUT2D eigenvalue weighted by atomic mass is 14.9. The van der Waals surface area contributed by atoms with Crippen molar-refractivity contribution in [2.45, 2.75) is 66.3 Å². The maximum absolute atomic E-state index is 3.76. The zero-order chi connectivity index (χ0) is 14.3. The largest absolute Gasteiger partial charge is 0.313 e. The van der Waals surface area contributed by atoms with E-state index in [0.717, 1.165) is 12.5 Å². The van der Waals surface area contributed by atoms with Gasteiger partial charge in [-0.1, -0.05) is 45.4 Å². The van der Waals surface area contributed by atoms with E-state index in [9.17, 15) is 0 Å². The van der Waals surface area contributed by atoms with Gasteiger partial charge in [-0.15, -0.1) is 0 Å². The van der Waals surface area contributed by atoms with Gasteiger partial charge in [-0.05, 0) is 62.3 Å². The number of hydrogen-bond donors (Lipinski definition) is 1. The van der Waals surface area contributed by atoms with Crippen molar-refractivity contribution in [1.29, 1.82) is 0 Å². The Bertz CT molecular complexity index is 350. The Hall–Kier alpha value is -0.820. The molecule has 0 radical (unpaired) electrons. The Balaban J connectivity index is 2.81. The van der Waals surface area contributed by atoms with Gasteiger partial charge in [-0.3, -0.25) is 0 Å². The van der Waals surface area contributed by atoms with Crippen molar-refractivity contribution in [3.8, 4) is 0 Å². The lowest BCUT2D eigenvalue weighted by Gasteiger charge is -2.26.